The number of aryl methyl sites for hydroxylation is 1. The third kappa shape index (κ3) is 3.71. The van der Waals surface area contributed by atoms with Crippen LogP contribution in [0.4, 0.5) is 4.39 Å². The number of rotatable bonds is 4. The average molecular weight is 456 g/mol. The number of pyridine rings is 1. The van der Waals surface area contributed by atoms with Crippen molar-refractivity contribution in [2.75, 3.05) is 0 Å². The number of halogens is 2. The highest BCUT2D eigenvalue weighted by molar-refractivity contribution is 6.39. The van der Waals surface area contributed by atoms with Gasteiger partial charge in [0.2, 0.25) is 0 Å². The second-order valence-electron chi connectivity index (χ2n) is 8.13. The summed E-state index contributed by atoms with van der Waals surface area (Å²) >= 11 is 6.49. The van der Waals surface area contributed by atoms with E-state index in [4.69, 9.17) is 27.3 Å². The van der Waals surface area contributed by atoms with Gasteiger partial charge in [0, 0.05) is 40.8 Å². The van der Waals surface area contributed by atoms with Crippen LogP contribution in [-0.4, -0.2) is 46.4 Å². The van der Waals surface area contributed by atoms with E-state index in [2.05, 4.69) is 10.1 Å². The molecule has 4 aromatic rings. The van der Waals surface area contributed by atoms with Crippen LogP contribution >= 0.6 is 11.6 Å². The largest absolute Gasteiger partial charge is 0.405 e. The van der Waals surface area contributed by atoms with Crippen molar-refractivity contribution in [2.45, 2.75) is 18.5 Å². The summed E-state index contributed by atoms with van der Waals surface area (Å²) in [5, 5.41) is 13.2. The molecule has 6 nitrogen and oxygen atoms in total. The van der Waals surface area contributed by atoms with Gasteiger partial charge >= 0.3 is 0 Å². The zero-order valence-corrected chi connectivity index (χ0v) is 18.3. The molecule has 10 heteroatoms. The molecule has 4 radical (unpaired) electrons. The third-order valence-corrected chi connectivity index (χ3v) is 6.11. The highest BCUT2D eigenvalue weighted by atomic mass is 35.5. The fourth-order valence-electron chi connectivity index (χ4n) is 4.20. The highest BCUT2D eigenvalue weighted by Crippen LogP contribution is 2.36. The minimum absolute atomic E-state index is 0.0226. The first kappa shape index (κ1) is 21.7. The summed E-state index contributed by atoms with van der Waals surface area (Å²) in [6, 6.07) is 9.65. The first-order valence-electron chi connectivity index (χ1n) is 10.1. The van der Waals surface area contributed by atoms with Crippen molar-refractivity contribution in [3.63, 3.8) is 0 Å². The maximum absolute atomic E-state index is 15.2. The number of amides is 1. The fourth-order valence-corrected chi connectivity index (χ4v) is 4.47. The van der Waals surface area contributed by atoms with Gasteiger partial charge in [-0.25, -0.2) is 4.39 Å². The van der Waals surface area contributed by atoms with E-state index in [0.29, 0.717) is 39.8 Å². The summed E-state index contributed by atoms with van der Waals surface area (Å²) in [4.78, 5) is 18.4. The fraction of sp³-hybridized carbons (Fsp3) is 0.174. The summed E-state index contributed by atoms with van der Waals surface area (Å²) in [6.07, 6.45) is 3.35. The summed E-state index contributed by atoms with van der Waals surface area (Å²) in [7, 11) is 13.1. The molecular formula is C23H16B2ClFN4O2. The van der Waals surface area contributed by atoms with E-state index in [-0.39, 0.29) is 28.6 Å². The topological polar surface area (TPSA) is 71.2 Å². The Morgan fingerprint density at radius 3 is 2.73 bits per heavy atom. The number of hydrogen-bond acceptors (Lipinski definition) is 4. The number of aliphatic hydroxyl groups is 1. The van der Waals surface area contributed by atoms with Gasteiger partial charge in [0.1, 0.15) is 21.5 Å². The Hall–Kier alpha value is -3.16. The van der Waals surface area contributed by atoms with Crippen LogP contribution in [0.3, 0.4) is 0 Å². The predicted octanol–water partition coefficient (Wildman–Crippen LogP) is 3.02. The van der Waals surface area contributed by atoms with Crippen molar-refractivity contribution in [3.8, 4) is 11.1 Å². The lowest BCUT2D eigenvalue weighted by atomic mass is 9.61. The molecule has 0 saturated carbocycles. The van der Waals surface area contributed by atoms with Crippen LogP contribution in [0.15, 0.2) is 48.8 Å². The van der Waals surface area contributed by atoms with Crippen LogP contribution in [0.5, 0.6) is 0 Å². The van der Waals surface area contributed by atoms with Crippen LogP contribution in [0, 0.1) is 5.82 Å². The minimum Gasteiger partial charge on any atom is -0.405 e. The lowest BCUT2D eigenvalue weighted by Gasteiger charge is -2.20. The average Bonchev–Trinajstić information content (AvgIpc) is 3.28. The maximum atomic E-state index is 15.2. The normalized spacial score (nSPS) is 13.7. The Kier molecular flexibility index (Phi) is 5.06. The van der Waals surface area contributed by atoms with E-state index in [1.165, 1.54) is 11.0 Å². The van der Waals surface area contributed by atoms with Crippen molar-refractivity contribution in [1.29, 1.82) is 0 Å². The number of carbonyl (C=O) groups excluding carboxylic acids is 1. The SMILES string of the molecule is [B]C([B])(O)c1ccc(-c2cc(F)c(CN3Cc4ncccc4C3=O)c(Cl)c2)c2cn(C)nc12. The van der Waals surface area contributed by atoms with Crippen LogP contribution in [0.1, 0.15) is 27.2 Å². The van der Waals surface area contributed by atoms with E-state index in [1.54, 1.807) is 54.5 Å². The van der Waals surface area contributed by atoms with E-state index in [0.717, 1.165) is 0 Å². The third-order valence-electron chi connectivity index (χ3n) is 5.77. The van der Waals surface area contributed by atoms with E-state index in [9.17, 15) is 9.90 Å². The van der Waals surface area contributed by atoms with Gasteiger partial charge in [-0.15, -0.1) is 0 Å². The molecule has 1 N–H and O–H groups in total. The minimum atomic E-state index is -2.08. The lowest BCUT2D eigenvalue weighted by molar-refractivity contribution is 0.0765. The molecule has 3 heterocycles. The second kappa shape index (κ2) is 7.71. The Morgan fingerprint density at radius 2 is 2.03 bits per heavy atom. The van der Waals surface area contributed by atoms with E-state index >= 15 is 4.39 Å². The maximum Gasteiger partial charge on any atom is 0.256 e. The molecule has 0 spiro atoms. The summed E-state index contributed by atoms with van der Waals surface area (Å²) < 4.78 is 16.8. The van der Waals surface area contributed by atoms with Crippen LogP contribution in [-0.2, 0) is 25.5 Å². The molecule has 5 rings (SSSR count). The second-order valence-corrected chi connectivity index (χ2v) is 8.54. The molecule has 1 aliphatic rings. The first-order valence-corrected chi connectivity index (χ1v) is 10.5. The number of fused-ring (bicyclic) bond motifs is 2. The molecule has 160 valence electrons. The Labute approximate surface area is 196 Å². The van der Waals surface area contributed by atoms with Gasteiger partial charge in [0.05, 0.1) is 29.9 Å². The van der Waals surface area contributed by atoms with Gasteiger partial charge in [-0.05, 0) is 41.0 Å². The smallest absolute Gasteiger partial charge is 0.256 e. The molecule has 0 unspecified atom stereocenters. The number of hydrogen-bond donors (Lipinski definition) is 1. The number of nitrogens with zero attached hydrogens (tertiary/aromatic N) is 4. The molecule has 0 saturated heterocycles. The molecule has 2 aromatic heterocycles. The molecule has 33 heavy (non-hydrogen) atoms. The molecule has 0 atom stereocenters. The number of benzene rings is 2. The summed E-state index contributed by atoms with van der Waals surface area (Å²) in [5.41, 5.74) is 3.20. The van der Waals surface area contributed by atoms with Crippen LogP contribution in [0.2, 0.25) is 5.02 Å². The monoisotopic (exact) mass is 456 g/mol. The first-order chi connectivity index (χ1) is 15.6. The zero-order chi connectivity index (χ0) is 23.5. The molecule has 0 aliphatic carbocycles. The van der Waals surface area contributed by atoms with Gasteiger partial charge < -0.3 is 10.0 Å². The molecular weight excluding hydrogens is 440 g/mol. The summed E-state index contributed by atoms with van der Waals surface area (Å²) in [5.74, 6) is -0.745. The molecule has 2 aromatic carbocycles. The number of aromatic nitrogens is 3. The number of carbonyl (C=O) groups is 1. The Balaban J connectivity index is 1.53. The van der Waals surface area contributed by atoms with E-state index in [1.807, 2.05) is 0 Å². The predicted molar refractivity (Wildman–Crippen MR) is 124 cm³/mol. The van der Waals surface area contributed by atoms with Gasteiger partial charge in [-0.2, -0.15) is 5.10 Å². The van der Waals surface area contributed by atoms with Crippen molar-refractivity contribution < 1.29 is 14.3 Å². The molecule has 1 aliphatic heterocycles. The highest BCUT2D eigenvalue weighted by Gasteiger charge is 2.29. The quantitative estimate of drug-likeness (QED) is 0.480. The summed E-state index contributed by atoms with van der Waals surface area (Å²) in [6.45, 7) is 0.320. The van der Waals surface area contributed by atoms with Crippen LogP contribution in [0.25, 0.3) is 22.0 Å². The van der Waals surface area contributed by atoms with Crippen molar-refractivity contribution >= 4 is 44.1 Å². The van der Waals surface area contributed by atoms with Crippen molar-refractivity contribution in [2.24, 2.45) is 7.05 Å². The molecule has 0 bridgehead atoms. The standard InChI is InChI=1S/C23H16B2ClFN4O2/c1-30-9-15-13(4-5-17(21(15)29-30)23(24,25)33)12-7-18(26)16(19(27)8-12)10-31-11-20-14(22(31)32)3-2-6-28-20/h2-9,33H,10-11H2,1H3. The van der Waals surface area contributed by atoms with E-state index < -0.39 is 11.2 Å². The molecule has 0 fully saturated rings. The molecule has 1 amide bonds. The van der Waals surface area contributed by atoms with Crippen molar-refractivity contribution in [1.82, 2.24) is 19.7 Å². The lowest BCUT2D eigenvalue weighted by Crippen LogP contribution is -2.26. The van der Waals surface area contributed by atoms with Gasteiger partial charge in [0.15, 0.2) is 0 Å². The van der Waals surface area contributed by atoms with Crippen molar-refractivity contribution in [3.05, 3.63) is 82.0 Å². The van der Waals surface area contributed by atoms with Crippen LogP contribution < -0.4 is 0 Å². The van der Waals surface area contributed by atoms with Gasteiger partial charge in [-0.3, -0.25) is 14.5 Å². The Morgan fingerprint density at radius 1 is 1.24 bits per heavy atom. The van der Waals surface area contributed by atoms with Gasteiger partial charge in [-0.1, -0.05) is 23.7 Å². The zero-order valence-electron chi connectivity index (χ0n) is 17.6. The van der Waals surface area contributed by atoms with Gasteiger partial charge in [0.25, 0.3) is 5.91 Å². The Bertz CT molecular complexity index is 1410.